The van der Waals surface area contributed by atoms with Crippen molar-refractivity contribution in [2.45, 2.75) is 57.5 Å². The van der Waals surface area contributed by atoms with Crippen LogP contribution in [0.3, 0.4) is 0 Å². The lowest BCUT2D eigenvalue weighted by atomic mass is 10.1. The van der Waals surface area contributed by atoms with Crippen LogP contribution >= 0.6 is 11.8 Å². The normalized spacial score (nSPS) is 23.8. The first-order valence-corrected chi connectivity index (χ1v) is 8.66. The summed E-state index contributed by atoms with van der Waals surface area (Å²) in [6, 6.07) is 0. The SMILES string of the molecule is CCCCCCCCNC(N)=NCC1(O)CCSC1. The molecule has 1 fully saturated rings. The molecule has 5 heteroatoms. The molecule has 0 amide bonds. The first-order valence-electron chi connectivity index (χ1n) is 7.50. The van der Waals surface area contributed by atoms with Crippen molar-refractivity contribution in [1.82, 2.24) is 5.32 Å². The minimum atomic E-state index is -0.628. The summed E-state index contributed by atoms with van der Waals surface area (Å²) in [4.78, 5) is 4.25. The molecule has 112 valence electrons. The Bertz CT molecular complexity index is 265. The first kappa shape index (κ1) is 16.6. The van der Waals surface area contributed by atoms with E-state index >= 15 is 0 Å². The molecule has 0 aromatic rings. The van der Waals surface area contributed by atoms with Crippen LogP contribution in [-0.4, -0.2) is 41.3 Å². The zero-order valence-electron chi connectivity index (χ0n) is 12.2. The van der Waals surface area contributed by atoms with Crippen molar-refractivity contribution in [3.63, 3.8) is 0 Å². The average molecular weight is 287 g/mol. The molecule has 4 nitrogen and oxygen atoms in total. The van der Waals surface area contributed by atoms with Gasteiger partial charge in [-0.15, -0.1) is 0 Å². The maximum Gasteiger partial charge on any atom is 0.188 e. The van der Waals surface area contributed by atoms with E-state index in [1.165, 1.54) is 32.1 Å². The van der Waals surface area contributed by atoms with E-state index in [-0.39, 0.29) is 0 Å². The van der Waals surface area contributed by atoms with Gasteiger partial charge in [0.1, 0.15) is 0 Å². The summed E-state index contributed by atoms with van der Waals surface area (Å²) in [5, 5.41) is 13.2. The maximum atomic E-state index is 10.1. The molecule has 1 unspecified atom stereocenters. The van der Waals surface area contributed by atoms with E-state index in [2.05, 4.69) is 17.2 Å². The molecular weight excluding hydrogens is 258 g/mol. The highest BCUT2D eigenvalue weighted by molar-refractivity contribution is 7.99. The van der Waals surface area contributed by atoms with Gasteiger partial charge in [0.2, 0.25) is 0 Å². The van der Waals surface area contributed by atoms with Gasteiger partial charge in [-0.1, -0.05) is 39.0 Å². The molecule has 4 N–H and O–H groups in total. The Morgan fingerprint density at radius 1 is 1.32 bits per heavy atom. The van der Waals surface area contributed by atoms with Gasteiger partial charge in [-0.25, -0.2) is 0 Å². The fourth-order valence-electron chi connectivity index (χ4n) is 2.13. The fourth-order valence-corrected chi connectivity index (χ4v) is 3.42. The molecule has 1 rings (SSSR count). The van der Waals surface area contributed by atoms with Gasteiger partial charge in [-0.2, -0.15) is 11.8 Å². The fraction of sp³-hybridized carbons (Fsp3) is 0.929. The lowest BCUT2D eigenvalue weighted by Crippen LogP contribution is -2.37. The number of guanidine groups is 1. The van der Waals surface area contributed by atoms with Crippen LogP contribution in [0, 0.1) is 0 Å². The molecule has 0 aliphatic carbocycles. The lowest BCUT2D eigenvalue weighted by molar-refractivity contribution is 0.0779. The summed E-state index contributed by atoms with van der Waals surface area (Å²) in [7, 11) is 0. The van der Waals surface area contributed by atoms with Crippen LogP contribution in [0.2, 0.25) is 0 Å². The number of nitrogens with two attached hydrogens (primary N) is 1. The highest BCUT2D eigenvalue weighted by atomic mass is 32.2. The van der Waals surface area contributed by atoms with E-state index in [1.807, 2.05) is 0 Å². The highest BCUT2D eigenvalue weighted by Crippen LogP contribution is 2.27. The van der Waals surface area contributed by atoms with Crippen LogP contribution in [-0.2, 0) is 0 Å². The summed E-state index contributed by atoms with van der Waals surface area (Å²) in [5.74, 6) is 2.28. The van der Waals surface area contributed by atoms with Gasteiger partial charge in [-0.05, 0) is 18.6 Å². The molecule has 0 aromatic carbocycles. The monoisotopic (exact) mass is 287 g/mol. The molecule has 19 heavy (non-hydrogen) atoms. The van der Waals surface area contributed by atoms with Gasteiger partial charge in [0.15, 0.2) is 5.96 Å². The quantitative estimate of drug-likeness (QED) is 0.345. The summed E-state index contributed by atoms with van der Waals surface area (Å²) in [6.07, 6.45) is 8.49. The first-order chi connectivity index (χ1) is 9.16. The van der Waals surface area contributed by atoms with E-state index < -0.39 is 5.60 Å². The molecule has 1 aliphatic rings. The van der Waals surface area contributed by atoms with E-state index in [0.29, 0.717) is 12.5 Å². The summed E-state index contributed by atoms with van der Waals surface area (Å²) in [5.41, 5.74) is 5.17. The van der Waals surface area contributed by atoms with Gasteiger partial charge in [0.05, 0.1) is 12.1 Å². The third-order valence-electron chi connectivity index (χ3n) is 3.46. The Morgan fingerprint density at radius 2 is 2.05 bits per heavy atom. The Balaban J connectivity index is 2.02. The van der Waals surface area contributed by atoms with Crippen molar-refractivity contribution in [3.8, 4) is 0 Å². The highest BCUT2D eigenvalue weighted by Gasteiger charge is 2.31. The maximum absolute atomic E-state index is 10.1. The summed E-state index contributed by atoms with van der Waals surface area (Å²) in [6.45, 7) is 3.54. The second kappa shape index (κ2) is 9.48. The molecule has 1 saturated heterocycles. The number of rotatable bonds is 9. The number of hydrogen-bond acceptors (Lipinski definition) is 3. The number of aliphatic hydroxyl groups is 1. The number of nitrogens with one attached hydrogen (secondary N) is 1. The van der Waals surface area contributed by atoms with E-state index in [4.69, 9.17) is 5.73 Å². The third-order valence-corrected chi connectivity index (χ3v) is 4.70. The van der Waals surface area contributed by atoms with Crippen LogP contribution < -0.4 is 11.1 Å². The van der Waals surface area contributed by atoms with E-state index in [1.54, 1.807) is 11.8 Å². The van der Waals surface area contributed by atoms with Crippen LogP contribution in [0.1, 0.15) is 51.9 Å². The summed E-state index contributed by atoms with van der Waals surface area (Å²) < 4.78 is 0. The van der Waals surface area contributed by atoms with Crippen molar-refractivity contribution in [3.05, 3.63) is 0 Å². The van der Waals surface area contributed by atoms with Gasteiger partial charge in [-0.3, -0.25) is 4.99 Å². The molecule has 1 aliphatic heterocycles. The molecule has 0 saturated carbocycles. The molecular formula is C14H29N3OS. The van der Waals surface area contributed by atoms with Gasteiger partial charge < -0.3 is 16.2 Å². The topological polar surface area (TPSA) is 70.6 Å². The van der Waals surface area contributed by atoms with Crippen LogP contribution in [0.15, 0.2) is 4.99 Å². The number of aliphatic imine (C=N–C) groups is 1. The van der Waals surface area contributed by atoms with Crippen molar-refractivity contribution in [2.75, 3.05) is 24.6 Å². The molecule has 1 atom stereocenters. The predicted molar refractivity (Wildman–Crippen MR) is 84.8 cm³/mol. The minimum Gasteiger partial charge on any atom is -0.387 e. The Hall–Kier alpha value is -0.420. The van der Waals surface area contributed by atoms with Gasteiger partial charge in [0, 0.05) is 12.3 Å². The zero-order valence-corrected chi connectivity index (χ0v) is 13.0. The smallest absolute Gasteiger partial charge is 0.188 e. The average Bonchev–Trinajstić information content (AvgIpc) is 2.83. The van der Waals surface area contributed by atoms with Crippen LogP contribution in [0.4, 0.5) is 0 Å². The third kappa shape index (κ3) is 7.67. The minimum absolute atomic E-state index is 0.426. The Morgan fingerprint density at radius 3 is 2.74 bits per heavy atom. The van der Waals surface area contributed by atoms with E-state index in [0.717, 1.165) is 30.9 Å². The standard InChI is InChI=1S/C14H29N3OS/c1-2-3-4-5-6-7-9-16-13(15)17-11-14(18)8-10-19-12-14/h18H,2-12H2,1H3,(H3,15,16,17). The molecule has 0 aromatic heterocycles. The number of hydrogen-bond donors (Lipinski definition) is 3. The summed E-state index contributed by atoms with van der Waals surface area (Å²) >= 11 is 1.78. The molecule has 0 spiro atoms. The van der Waals surface area contributed by atoms with Crippen molar-refractivity contribution in [2.24, 2.45) is 10.7 Å². The Kier molecular flexibility index (Phi) is 8.30. The zero-order chi connectivity index (χ0) is 14.0. The largest absolute Gasteiger partial charge is 0.387 e. The van der Waals surface area contributed by atoms with Crippen LogP contribution in [0.5, 0.6) is 0 Å². The van der Waals surface area contributed by atoms with E-state index in [9.17, 15) is 5.11 Å². The van der Waals surface area contributed by atoms with Gasteiger partial charge in [0.25, 0.3) is 0 Å². The van der Waals surface area contributed by atoms with Crippen LogP contribution in [0.25, 0.3) is 0 Å². The Labute approximate surface area is 121 Å². The molecule has 1 heterocycles. The van der Waals surface area contributed by atoms with Crippen molar-refractivity contribution in [1.29, 1.82) is 0 Å². The molecule has 0 radical (unpaired) electrons. The molecule has 0 bridgehead atoms. The second-order valence-electron chi connectivity index (χ2n) is 5.42. The number of unbranched alkanes of at least 4 members (excludes halogenated alkanes) is 5. The van der Waals surface area contributed by atoms with Crippen molar-refractivity contribution >= 4 is 17.7 Å². The second-order valence-corrected chi connectivity index (χ2v) is 6.53. The number of thioether (sulfide) groups is 1. The predicted octanol–water partition coefficient (Wildman–Crippen LogP) is 2.12. The van der Waals surface area contributed by atoms with Gasteiger partial charge >= 0.3 is 0 Å². The van der Waals surface area contributed by atoms with Crippen molar-refractivity contribution < 1.29 is 5.11 Å². The number of nitrogens with zero attached hydrogens (tertiary/aromatic N) is 1. The lowest BCUT2D eigenvalue weighted by Gasteiger charge is -2.18.